The van der Waals surface area contributed by atoms with Gasteiger partial charge in [0, 0.05) is 25.1 Å². The van der Waals surface area contributed by atoms with E-state index in [2.05, 4.69) is 11.0 Å². The van der Waals surface area contributed by atoms with Crippen LogP contribution in [0.1, 0.15) is 17.5 Å². The molecule has 1 aliphatic carbocycles. The van der Waals surface area contributed by atoms with Gasteiger partial charge in [0.25, 0.3) is 0 Å². The average molecular weight is 303 g/mol. The number of β-amino-alcohol motifs (C(OH)–C–C–N with tert-alkyl or cyclic N) is 1. The summed E-state index contributed by atoms with van der Waals surface area (Å²) in [5.41, 5.74) is 1.58. The van der Waals surface area contributed by atoms with E-state index in [0.717, 1.165) is 23.4 Å². The third-order valence-electron chi connectivity index (χ3n) is 5.18. The molecule has 22 heavy (non-hydrogen) atoms. The van der Waals surface area contributed by atoms with Gasteiger partial charge in [-0.3, -0.25) is 4.90 Å². The van der Waals surface area contributed by atoms with Crippen molar-refractivity contribution in [3.63, 3.8) is 0 Å². The van der Waals surface area contributed by atoms with E-state index >= 15 is 0 Å². The molecule has 2 heterocycles. The molecule has 1 aromatic carbocycles. The summed E-state index contributed by atoms with van der Waals surface area (Å²) in [7, 11) is 3.63. The highest BCUT2D eigenvalue weighted by molar-refractivity contribution is 5.61. The van der Waals surface area contributed by atoms with Crippen molar-refractivity contribution in [3.05, 3.63) is 35.4 Å². The Bertz CT molecular complexity index is 644. The standard InChI is InChI=1S/C17H21NO4/c1-18-8-10-3-4-12(21-2)16-15(10)17(13(20)9-18)6-5-11(19)7-14(17)22-16/h3-6,11,13-14,19-20H,7-9H2,1-2H3. The summed E-state index contributed by atoms with van der Waals surface area (Å²) >= 11 is 0. The number of hydrogen-bond donors (Lipinski definition) is 2. The lowest BCUT2D eigenvalue weighted by molar-refractivity contribution is 0.00643. The van der Waals surface area contributed by atoms with Gasteiger partial charge in [-0.05, 0) is 18.7 Å². The topological polar surface area (TPSA) is 62.2 Å². The Hall–Kier alpha value is -1.56. The van der Waals surface area contributed by atoms with E-state index in [1.807, 2.05) is 19.2 Å². The average Bonchev–Trinajstić information content (AvgIpc) is 2.77. The first-order valence-electron chi connectivity index (χ1n) is 7.67. The van der Waals surface area contributed by atoms with Gasteiger partial charge in [-0.1, -0.05) is 18.2 Å². The van der Waals surface area contributed by atoms with Crippen LogP contribution >= 0.6 is 0 Å². The molecule has 0 amide bonds. The maximum Gasteiger partial charge on any atom is 0.166 e. The third kappa shape index (κ3) is 1.70. The molecule has 2 aliphatic heterocycles. The predicted molar refractivity (Wildman–Crippen MR) is 81.2 cm³/mol. The normalized spacial score (nSPS) is 36.3. The number of aliphatic hydroxyl groups excluding tert-OH is 2. The van der Waals surface area contributed by atoms with Crippen molar-refractivity contribution in [2.75, 3.05) is 20.7 Å². The number of ether oxygens (including phenoxy) is 2. The van der Waals surface area contributed by atoms with Gasteiger partial charge < -0.3 is 19.7 Å². The van der Waals surface area contributed by atoms with E-state index in [9.17, 15) is 10.2 Å². The van der Waals surface area contributed by atoms with Gasteiger partial charge in [0.1, 0.15) is 6.10 Å². The zero-order valence-corrected chi connectivity index (χ0v) is 12.8. The lowest BCUT2D eigenvalue weighted by atomic mass is 9.67. The van der Waals surface area contributed by atoms with Gasteiger partial charge in [-0.2, -0.15) is 0 Å². The Morgan fingerprint density at radius 1 is 1.36 bits per heavy atom. The van der Waals surface area contributed by atoms with E-state index in [1.165, 1.54) is 0 Å². The number of nitrogens with zero attached hydrogens (tertiary/aromatic N) is 1. The summed E-state index contributed by atoms with van der Waals surface area (Å²) in [6, 6.07) is 3.98. The first-order valence-corrected chi connectivity index (χ1v) is 7.67. The number of benzene rings is 1. The third-order valence-corrected chi connectivity index (χ3v) is 5.18. The highest BCUT2D eigenvalue weighted by Gasteiger charge is 2.57. The molecule has 0 radical (unpaired) electrons. The quantitative estimate of drug-likeness (QED) is 0.752. The molecule has 0 bridgehead atoms. The lowest BCUT2D eigenvalue weighted by Gasteiger charge is -2.39. The number of rotatable bonds is 1. The molecule has 0 aromatic heterocycles. The Balaban J connectivity index is 1.99. The molecule has 5 nitrogen and oxygen atoms in total. The summed E-state index contributed by atoms with van der Waals surface area (Å²) in [6.45, 7) is 1.33. The van der Waals surface area contributed by atoms with Crippen LogP contribution in [0.3, 0.4) is 0 Å². The molecule has 4 atom stereocenters. The van der Waals surface area contributed by atoms with Crippen LogP contribution in [0.25, 0.3) is 0 Å². The van der Waals surface area contributed by atoms with Crippen LogP contribution in [0.2, 0.25) is 0 Å². The molecule has 4 rings (SSSR count). The first kappa shape index (κ1) is 14.1. The van der Waals surface area contributed by atoms with Gasteiger partial charge in [0.05, 0.1) is 24.7 Å². The smallest absolute Gasteiger partial charge is 0.166 e. The van der Waals surface area contributed by atoms with E-state index in [1.54, 1.807) is 13.2 Å². The predicted octanol–water partition coefficient (Wildman–Crippen LogP) is 0.821. The Morgan fingerprint density at radius 2 is 2.18 bits per heavy atom. The van der Waals surface area contributed by atoms with Gasteiger partial charge in [0.2, 0.25) is 0 Å². The van der Waals surface area contributed by atoms with Gasteiger partial charge in [-0.15, -0.1) is 0 Å². The van der Waals surface area contributed by atoms with Crippen molar-refractivity contribution < 1.29 is 19.7 Å². The molecule has 3 aliphatic rings. The summed E-state index contributed by atoms with van der Waals surface area (Å²) in [6.07, 6.45) is 2.83. The largest absolute Gasteiger partial charge is 0.493 e. The molecule has 4 unspecified atom stereocenters. The molecular formula is C17H21NO4. The van der Waals surface area contributed by atoms with Crippen LogP contribution < -0.4 is 9.47 Å². The fourth-order valence-electron chi connectivity index (χ4n) is 4.19. The molecule has 2 N–H and O–H groups in total. The van der Waals surface area contributed by atoms with Crippen molar-refractivity contribution in [2.45, 2.75) is 36.7 Å². The Morgan fingerprint density at radius 3 is 2.95 bits per heavy atom. The van der Waals surface area contributed by atoms with E-state index < -0.39 is 17.6 Å². The highest BCUT2D eigenvalue weighted by Crippen LogP contribution is 2.55. The lowest BCUT2D eigenvalue weighted by Crippen LogP contribution is -2.52. The van der Waals surface area contributed by atoms with Crippen LogP contribution in [0.15, 0.2) is 24.3 Å². The molecular weight excluding hydrogens is 282 g/mol. The molecule has 5 heteroatoms. The van der Waals surface area contributed by atoms with Crippen molar-refractivity contribution in [3.8, 4) is 11.5 Å². The second kappa shape index (κ2) is 4.72. The first-order chi connectivity index (χ1) is 10.6. The summed E-state index contributed by atoms with van der Waals surface area (Å²) < 4.78 is 11.6. The van der Waals surface area contributed by atoms with E-state index in [0.29, 0.717) is 18.7 Å². The fraction of sp³-hybridized carbons (Fsp3) is 0.529. The van der Waals surface area contributed by atoms with Crippen molar-refractivity contribution >= 4 is 0 Å². The molecule has 1 aromatic rings. The van der Waals surface area contributed by atoms with Crippen LogP contribution in [-0.2, 0) is 12.0 Å². The van der Waals surface area contributed by atoms with Crippen LogP contribution in [-0.4, -0.2) is 54.1 Å². The number of hydrogen-bond acceptors (Lipinski definition) is 5. The molecule has 0 saturated heterocycles. The number of aliphatic hydroxyl groups is 2. The highest BCUT2D eigenvalue weighted by atomic mass is 16.5. The van der Waals surface area contributed by atoms with E-state index in [-0.39, 0.29) is 6.10 Å². The van der Waals surface area contributed by atoms with Crippen LogP contribution in [0, 0.1) is 0 Å². The minimum absolute atomic E-state index is 0.265. The van der Waals surface area contributed by atoms with Crippen LogP contribution in [0.4, 0.5) is 0 Å². The summed E-state index contributed by atoms with van der Waals surface area (Å²) in [5, 5.41) is 20.9. The van der Waals surface area contributed by atoms with Crippen molar-refractivity contribution in [1.29, 1.82) is 0 Å². The van der Waals surface area contributed by atoms with Crippen LogP contribution in [0.5, 0.6) is 11.5 Å². The van der Waals surface area contributed by atoms with Gasteiger partial charge >= 0.3 is 0 Å². The number of likely N-dealkylation sites (N-methyl/N-ethyl adjacent to an activating group) is 1. The molecule has 0 saturated carbocycles. The second-order valence-electron chi connectivity index (χ2n) is 6.55. The van der Waals surface area contributed by atoms with Crippen molar-refractivity contribution in [2.24, 2.45) is 0 Å². The van der Waals surface area contributed by atoms with Gasteiger partial charge in [0.15, 0.2) is 11.5 Å². The SMILES string of the molecule is COc1ccc2c3c1OC1CC(O)C=CC31C(O)CN(C)C2. The maximum atomic E-state index is 10.9. The second-order valence-corrected chi connectivity index (χ2v) is 6.55. The molecule has 1 spiro atoms. The van der Waals surface area contributed by atoms with Gasteiger partial charge in [-0.25, -0.2) is 0 Å². The minimum Gasteiger partial charge on any atom is -0.493 e. The Kier molecular flexibility index (Phi) is 3.01. The Labute approximate surface area is 129 Å². The monoisotopic (exact) mass is 303 g/mol. The summed E-state index contributed by atoms with van der Waals surface area (Å²) in [5.74, 6) is 1.41. The zero-order valence-electron chi connectivity index (χ0n) is 12.8. The minimum atomic E-state index is -0.594. The van der Waals surface area contributed by atoms with E-state index in [4.69, 9.17) is 9.47 Å². The number of methoxy groups -OCH3 is 1. The van der Waals surface area contributed by atoms with Crippen molar-refractivity contribution in [1.82, 2.24) is 4.90 Å². The molecule has 0 fully saturated rings. The zero-order chi connectivity index (χ0) is 15.5. The summed E-state index contributed by atoms with van der Waals surface area (Å²) in [4.78, 5) is 2.12. The fourth-order valence-corrected chi connectivity index (χ4v) is 4.19. The molecule has 118 valence electrons. The maximum absolute atomic E-state index is 10.9.